The van der Waals surface area contributed by atoms with Crippen LogP contribution in [0, 0.1) is 12.3 Å². The van der Waals surface area contributed by atoms with E-state index in [1.54, 1.807) is 24.3 Å². The molecule has 5 nitrogen and oxygen atoms in total. The molecule has 0 aromatic heterocycles. The summed E-state index contributed by atoms with van der Waals surface area (Å²) in [4.78, 5) is 12.0. The van der Waals surface area contributed by atoms with Crippen LogP contribution in [0.3, 0.4) is 0 Å². The van der Waals surface area contributed by atoms with Crippen LogP contribution < -0.4 is 16.8 Å². The first kappa shape index (κ1) is 23.3. The lowest BCUT2D eigenvalue weighted by atomic mass is 9.89. The highest BCUT2D eigenvalue weighted by molar-refractivity contribution is 6.03. The maximum atomic E-state index is 13.0. The minimum atomic E-state index is -4.52. The second kappa shape index (κ2) is 9.65. The number of phenolic OH excluding ortho intramolecular Hbond substituents is 1. The van der Waals surface area contributed by atoms with Crippen LogP contribution in [0.15, 0.2) is 48.5 Å². The van der Waals surface area contributed by atoms with Crippen LogP contribution in [0.25, 0.3) is 0 Å². The van der Waals surface area contributed by atoms with Crippen molar-refractivity contribution in [1.29, 1.82) is 0 Å². The molecule has 0 spiro atoms. The van der Waals surface area contributed by atoms with E-state index in [9.17, 15) is 18.0 Å². The van der Waals surface area contributed by atoms with Gasteiger partial charge in [-0.25, -0.2) is 0 Å². The Hall–Kier alpha value is -3.02. The first-order chi connectivity index (χ1) is 14.0. The quantitative estimate of drug-likeness (QED) is 0.436. The van der Waals surface area contributed by atoms with Crippen molar-refractivity contribution in [2.24, 2.45) is 11.5 Å². The lowest BCUT2D eigenvalue weighted by Gasteiger charge is -2.24. The highest BCUT2D eigenvalue weighted by Crippen LogP contribution is 2.44. The molecule has 3 rings (SSSR count). The minimum Gasteiger partial charge on any atom is -0.508 e. The number of fused-ring (bicyclic) bond motifs is 1. The monoisotopic (exact) mass is 419 g/mol. The number of halogens is 3. The second-order valence-corrected chi connectivity index (χ2v) is 7.12. The molecule has 0 aliphatic carbocycles. The maximum absolute atomic E-state index is 13.0. The van der Waals surface area contributed by atoms with E-state index in [0.29, 0.717) is 24.2 Å². The van der Waals surface area contributed by atoms with Gasteiger partial charge in [-0.2, -0.15) is 13.2 Å². The molecular formula is C22H24F3N3O2. The summed E-state index contributed by atoms with van der Waals surface area (Å²) in [5, 5.41) is 11.0. The van der Waals surface area contributed by atoms with Gasteiger partial charge in [0.1, 0.15) is 5.75 Å². The third-order valence-corrected chi connectivity index (χ3v) is 4.73. The molecular weight excluding hydrogens is 395 g/mol. The van der Waals surface area contributed by atoms with Crippen LogP contribution in [0.1, 0.15) is 42.7 Å². The van der Waals surface area contributed by atoms with Crippen molar-refractivity contribution < 1.29 is 23.1 Å². The number of hydrogen-bond acceptors (Lipinski definition) is 4. The van der Waals surface area contributed by atoms with E-state index in [1.807, 2.05) is 6.07 Å². The van der Waals surface area contributed by atoms with Gasteiger partial charge in [-0.15, -0.1) is 12.3 Å². The van der Waals surface area contributed by atoms with Crippen molar-refractivity contribution in [3.8, 4) is 18.1 Å². The number of nitrogens with one attached hydrogen (secondary N) is 1. The Balaban J connectivity index is 0.000000386. The fraction of sp³-hybridized carbons (Fsp3) is 0.318. The number of para-hydroxylation sites is 2. The third-order valence-electron chi connectivity index (χ3n) is 4.73. The summed E-state index contributed by atoms with van der Waals surface area (Å²) >= 11 is 0. The standard InChI is InChI=1S/C16H18F3N3O.C6H6O/c1-2-3-8-15(20,21)9-7-11-10-5-4-6-12(16(17,18)19)13(10)22-14(11)23;7-6-4-2-1-3-5-6/h1,4-6,11H,3,7-9,20-21H2,(H,22,23);1-5,7H. The lowest BCUT2D eigenvalue weighted by molar-refractivity contribution is -0.136. The summed E-state index contributed by atoms with van der Waals surface area (Å²) < 4.78 is 39.0. The fourth-order valence-electron chi connectivity index (χ4n) is 3.15. The maximum Gasteiger partial charge on any atom is 0.418 e. The number of amides is 1. The number of hydrogen-bond donors (Lipinski definition) is 4. The number of anilines is 1. The van der Waals surface area contributed by atoms with Gasteiger partial charge in [0, 0.05) is 6.42 Å². The number of nitrogens with two attached hydrogens (primary N) is 2. The Kier molecular flexibility index (Phi) is 7.48. The molecule has 0 bridgehead atoms. The molecule has 1 amide bonds. The number of terminal acetylenes is 1. The number of carbonyl (C=O) groups is 1. The van der Waals surface area contributed by atoms with E-state index in [2.05, 4.69) is 11.2 Å². The zero-order valence-electron chi connectivity index (χ0n) is 16.2. The number of phenols is 1. The number of alkyl halides is 3. The predicted molar refractivity (Wildman–Crippen MR) is 109 cm³/mol. The molecule has 1 aliphatic rings. The molecule has 6 N–H and O–H groups in total. The van der Waals surface area contributed by atoms with Gasteiger partial charge < -0.3 is 21.9 Å². The summed E-state index contributed by atoms with van der Waals surface area (Å²) in [6.07, 6.45) is 1.97. The van der Waals surface area contributed by atoms with Gasteiger partial charge in [0.15, 0.2) is 0 Å². The summed E-state index contributed by atoms with van der Waals surface area (Å²) in [5.41, 5.74) is 10.1. The van der Waals surface area contributed by atoms with Gasteiger partial charge in [-0.3, -0.25) is 4.79 Å². The van der Waals surface area contributed by atoms with Crippen LogP contribution in [0.4, 0.5) is 18.9 Å². The molecule has 2 aromatic rings. The van der Waals surface area contributed by atoms with E-state index in [-0.39, 0.29) is 18.5 Å². The highest BCUT2D eigenvalue weighted by atomic mass is 19.4. The number of benzene rings is 2. The molecule has 0 radical (unpaired) electrons. The van der Waals surface area contributed by atoms with E-state index >= 15 is 0 Å². The first-order valence-electron chi connectivity index (χ1n) is 9.31. The molecule has 0 fully saturated rings. The molecule has 1 aliphatic heterocycles. The van der Waals surface area contributed by atoms with Crippen LogP contribution in [-0.2, 0) is 11.0 Å². The number of carbonyl (C=O) groups excluding carboxylic acids is 1. The van der Waals surface area contributed by atoms with E-state index in [4.69, 9.17) is 23.0 Å². The normalized spacial score (nSPS) is 15.5. The summed E-state index contributed by atoms with van der Waals surface area (Å²) in [5.74, 6) is 1.60. The van der Waals surface area contributed by atoms with Crippen molar-refractivity contribution in [2.45, 2.75) is 43.4 Å². The zero-order chi connectivity index (χ0) is 22.4. The van der Waals surface area contributed by atoms with Crippen LogP contribution in [0.2, 0.25) is 0 Å². The predicted octanol–water partition coefficient (Wildman–Crippen LogP) is 3.94. The van der Waals surface area contributed by atoms with Crippen molar-refractivity contribution in [3.63, 3.8) is 0 Å². The third kappa shape index (κ3) is 6.24. The number of rotatable bonds is 5. The zero-order valence-corrected chi connectivity index (χ0v) is 16.2. The minimum absolute atomic E-state index is 0.168. The SMILES string of the molecule is C#CCCC(N)(N)CCC1C(=O)Nc2c1cccc2C(F)(F)F.Oc1ccccc1. The Morgan fingerprint density at radius 2 is 1.73 bits per heavy atom. The van der Waals surface area contributed by atoms with Crippen LogP contribution >= 0.6 is 0 Å². The first-order valence-corrected chi connectivity index (χ1v) is 9.31. The largest absolute Gasteiger partial charge is 0.508 e. The highest BCUT2D eigenvalue weighted by Gasteiger charge is 2.40. The Morgan fingerprint density at radius 3 is 2.27 bits per heavy atom. The summed E-state index contributed by atoms with van der Waals surface area (Å²) in [6, 6.07) is 12.5. The van der Waals surface area contributed by atoms with Crippen molar-refractivity contribution in [2.75, 3.05) is 5.32 Å². The van der Waals surface area contributed by atoms with Crippen molar-refractivity contribution in [3.05, 3.63) is 59.7 Å². The summed E-state index contributed by atoms with van der Waals surface area (Å²) in [7, 11) is 0. The molecule has 30 heavy (non-hydrogen) atoms. The topological polar surface area (TPSA) is 101 Å². The van der Waals surface area contributed by atoms with E-state index in [1.165, 1.54) is 12.1 Å². The molecule has 0 saturated carbocycles. The van der Waals surface area contributed by atoms with Crippen LogP contribution in [-0.4, -0.2) is 16.7 Å². The van der Waals surface area contributed by atoms with Gasteiger partial charge in [-0.05, 0) is 43.0 Å². The van der Waals surface area contributed by atoms with E-state index in [0.717, 1.165) is 6.07 Å². The Morgan fingerprint density at radius 1 is 1.07 bits per heavy atom. The Bertz CT molecular complexity index is 906. The van der Waals surface area contributed by atoms with E-state index < -0.39 is 29.2 Å². The fourth-order valence-corrected chi connectivity index (χ4v) is 3.15. The molecule has 160 valence electrons. The van der Waals surface area contributed by atoms with Gasteiger partial charge >= 0.3 is 6.18 Å². The number of aromatic hydroxyl groups is 1. The molecule has 1 unspecified atom stereocenters. The smallest absolute Gasteiger partial charge is 0.418 e. The average Bonchev–Trinajstić information content (AvgIpc) is 3.00. The van der Waals surface area contributed by atoms with Crippen molar-refractivity contribution in [1.82, 2.24) is 0 Å². The summed E-state index contributed by atoms with van der Waals surface area (Å²) in [6.45, 7) is 0. The Labute approximate surface area is 173 Å². The van der Waals surface area contributed by atoms with Crippen LogP contribution in [0.5, 0.6) is 5.75 Å². The van der Waals surface area contributed by atoms with Crippen molar-refractivity contribution >= 4 is 11.6 Å². The lowest BCUT2D eigenvalue weighted by Crippen LogP contribution is -2.49. The van der Waals surface area contributed by atoms with Gasteiger partial charge in [0.2, 0.25) is 5.91 Å². The van der Waals surface area contributed by atoms with Gasteiger partial charge in [0.05, 0.1) is 22.8 Å². The molecule has 2 aromatic carbocycles. The molecule has 0 saturated heterocycles. The average molecular weight is 419 g/mol. The molecule has 1 atom stereocenters. The molecule has 1 heterocycles. The van der Waals surface area contributed by atoms with Gasteiger partial charge in [0.25, 0.3) is 0 Å². The second-order valence-electron chi connectivity index (χ2n) is 7.12. The molecule has 8 heteroatoms. The van der Waals surface area contributed by atoms with Gasteiger partial charge in [-0.1, -0.05) is 30.3 Å².